The normalized spacial score (nSPS) is 14.4. The molecule has 33 heavy (non-hydrogen) atoms. The van der Waals surface area contributed by atoms with Crippen LogP contribution in [0.5, 0.6) is 0 Å². The number of pyridine rings is 1. The molecule has 1 N–H and O–H groups in total. The van der Waals surface area contributed by atoms with Crippen molar-refractivity contribution in [3.63, 3.8) is 0 Å². The number of benzene rings is 1. The Morgan fingerprint density at radius 2 is 2.00 bits per heavy atom. The minimum Gasteiger partial charge on any atom is -0.314 e. The molecule has 4 heterocycles. The first kappa shape index (κ1) is 21.0. The number of hydrogen-bond donors (Lipinski definition) is 1. The molecule has 166 valence electrons. The first-order valence-electron chi connectivity index (χ1n) is 10.4. The average Bonchev–Trinajstić information content (AvgIpc) is 3.48. The number of thiazole rings is 1. The third-order valence-electron chi connectivity index (χ3n) is 6.01. The molecule has 0 saturated heterocycles. The van der Waals surface area contributed by atoms with Crippen LogP contribution in [0, 0.1) is 6.92 Å². The number of anilines is 2. The van der Waals surface area contributed by atoms with Crippen molar-refractivity contribution in [1.29, 1.82) is 0 Å². The maximum atomic E-state index is 12.9. The first-order chi connectivity index (χ1) is 15.8. The summed E-state index contributed by atoms with van der Waals surface area (Å²) in [6.45, 7) is 5.69. The Kier molecular flexibility index (Phi) is 4.86. The summed E-state index contributed by atoms with van der Waals surface area (Å²) in [7, 11) is 1.80. The molecular weight excluding hydrogens is 436 g/mol. The molecule has 5 rings (SSSR count). The minimum absolute atomic E-state index is 0.0718. The number of amides is 2. The second-order valence-electron chi connectivity index (χ2n) is 8.46. The van der Waals surface area contributed by atoms with E-state index in [4.69, 9.17) is 0 Å². The van der Waals surface area contributed by atoms with Crippen LogP contribution < -0.4 is 10.2 Å². The summed E-state index contributed by atoms with van der Waals surface area (Å²) in [5, 5.41) is 9.57. The highest BCUT2D eigenvalue weighted by molar-refractivity contribution is 7.14. The molecule has 3 aromatic heterocycles. The fourth-order valence-corrected chi connectivity index (χ4v) is 4.82. The highest BCUT2D eigenvalue weighted by Crippen LogP contribution is 2.42. The van der Waals surface area contributed by atoms with E-state index in [9.17, 15) is 9.59 Å². The SMILES string of the molecule is Cc1c(C(=O)Nc2nc(-c3ccc4c(c3)C(C)(C)C(=O)N4C)cs2)cnn1-c1ccccn1. The summed E-state index contributed by atoms with van der Waals surface area (Å²) < 4.78 is 1.63. The summed E-state index contributed by atoms with van der Waals surface area (Å²) in [6, 6.07) is 11.4. The lowest BCUT2D eigenvalue weighted by molar-refractivity contribution is -0.121. The number of aromatic nitrogens is 4. The van der Waals surface area contributed by atoms with Crippen LogP contribution >= 0.6 is 11.3 Å². The molecule has 0 unspecified atom stereocenters. The van der Waals surface area contributed by atoms with Crippen molar-refractivity contribution in [1.82, 2.24) is 19.7 Å². The molecule has 0 bridgehead atoms. The van der Waals surface area contributed by atoms with Crippen molar-refractivity contribution in [2.45, 2.75) is 26.2 Å². The number of likely N-dealkylation sites (N-methyl/N-ethyl adjacent to an activating group) is 1. The van der Waals surface area contributed by atoms with Crippen LogP contribution in [0.15, 0.2) is 54.2 Å². The van der Waals surface area contributed by atoms with Crippen LogP contribution in [0.2, 0.25) is 0 Å². The Bertz CT molecular complexity index is 1390. The Morgan fingerprint density at radius 1 is 1.18 bits per heavy atom. The van der Waals surface area contributed by atoms with E-state index in [0.29, 0.717) is 22.2 Å². The van der Waals surface area contributed by atoms with E-state index in [0.717, 1.165) is 22.5 Å². The second kappa shape index (κ2) is 7.63. The van der Waals surface area contributed by atoms with E-state index in [1.807, 2.05) is 62.5 Å². The Morgan fingerprint density at radius 3 is 2.76 bits per heavy atom. The predicted octanol–water partition coefficient (Wildman–Crippen LogP) is 4.21. The molecule has 1 aliphatic rings. The number of fused-ring (bicyclic) bond motifs is 1. The van der Waals surface area contributed by atoms with Crippen LogP contribution in [0.25, 0.3) is 17.1 Å². The van der Waals surface area contributed by atoms with E-state index in [2.05, 4.69) is 20.4 Å². The predicted molar refractivity (Wildman–Crippen MR) is 128 cm³/mol. The fraction of sp³-hybridized carbons (Fsp3) is 0.208. The molecule has 0 aliphatic carbocycles. The maximum absolute atomic E-state index is 12.9. The van der Waals surface area contributed by atoms with Gasteiger partial charge in [-0.05, 0) is 50.6 Å². The van der Waals surface area contributed by atoms with E-state index in [1.165, 1.54) is 17.5 Å². The zero-order chi connectivity index (χ0) is 23.3. The van der Waals surface area contributed by atoms with Crippen molar-refractivity contribution in [3.05, 3.63) is 71.0 Å². The Balaban J connectivity index is 1.38. The van der Waals surface area contributed by atoms with Gasteiger partial charge in [-0.25, -0.2) is 14.6 Å². The fourth-order valence-electron chi connectivity index (χ4n) is 4.10. The first-order valence-corrected chi connectivity index (χ1v) is 11.3. The number of carbonyl (C=O) groups excluding carboxylic acids is 2. The molecule has 0 saturated carbocycles. The summed E-state index contributed by atoms with van der Waals surface area (Å²) in [4.78, 5) is 36.0. The van der Waals surface area contributed by atoms with Gasteiger partial charge in [0.15, 0.2) is 10.9 Å². The number of carbonyl (C=O) groups is 2. The Labute approximate surface area is 194 Å². The van der Waals surface area contributed by atoms with Crippen molar-refractivity contribution >= 4 is 34.0 Å². The quantitative estimate of drug-likeness (QED) is 0.495. The maximum Gasteiger partial charge on any atom is 0.260 e. The average molecular weight is 459 g/mol. The third-order valence-corrected chi connectivity index (χ3v) is 6.77. The van der Waals surface area contributed by atoms with Crippen molar-refractivity contribution in [2.24, 2.45) is 0 Å². The van der Waals surface area contributed by atoms with Crippen molar-refractivity contribution < 1.29 is 9.59 Å². The molecular formula is C24H22N6O2S. The van der Waals surface area contributed by atoms with Crippen LogP contribution in [0.3, 0.4) is 0 Å². The van der Waals surface area contributed by atoms with Gasteiger partial charge in [-0.1, -0.05) is 12.1 Å². The van der Waals surface area contributed by atoms with E-state index in [-0.39, 0.29) is 11.8 Å². The van der Waals surface area contributed by atoms with Gasteiger partial charge in [-0.2, -0.15) is 5.10 Å². The molecule has 1 aromatic carbocycles. The van der Waals surface area contributed by atoms with Gasteiger partial charge in [0.25, 0.3) is 5.91 Å². The monoisotopic (exact) mass is 458 g/mol. The smallest absolute Gasteiger partial charge is 0.260 e. The zero-order valence-corrected chi connectivity index (χ0v) is 19.5. The summed E-state index contributed by atoms with van der Waals surface area (Å²) in [6.07, 6.45) is 3.21. The highest BCUT2D eigenvalue weighted by Gasteiger charge is 2.42. The molecule has 0 spiro atoms. The molecule has 4 aromatic rings. The summed E-state index contributed by atoms with van der Waals surface area (Å²) >= 11 is 1.35. The molecule has 0 radical (unpaired) electrons. The number of nitrogens with zero attached hydrogens (tertiary/aromatic N) is 5. The topological polar surface area (TPSA) is 93.0 Å². The number of rotatable bonds is 4. The number of hydrogen-bond acceptors (Lipinski definition) is 6. The van der Waals surface area contributed by atoms with Gasteiger partial charge in [0.1, 0.15) is 0 Å². The van der Waals surface area contributed by atoms with E-state index < -0.39 is 5.41 Å². The van der Waals surface area contributed by atoms with Crippen molar-refractivity contribution in [2.75, 3.05) is 17.3 Å². The van der Waals surface area contributed by atoms with Gasteiger partial charge in [0.2, 0.25) is 5.91 Å². The third kappa shape index (κ3) is 3.41. The molecule has 9 heteroatoms. The highest BCUT2D eigenvalue weighted by atomic mass is 32.1. The van der Waals surface area contributed by atoms with Crippen LogP contribution in [-0.4, -0.2) is 38.6 Å². The van der Waals surface area contributed by atoms with E-state index in [1.54, 1.807) is 22.8 Å². The largest absolute Gasteiger partial charge is 0.314 e. The zero-order valence-electron chi connectivity index (χ0n) is 18.7. The minimum atomic E-state index is -0.585. The standard InChI is InChI=1S/C24H22N6O2S/c1-14-16(12-26-30(14)20-7-5-6-10-25-20)21(31)28-23-27-18(13-33-23)15-8-9-19-17(11-15)24(2,3)22(32)29(19)4/h5-13H,1-4H3,(H,27,28,31). The van der Waals surface area contributed by atoms with E-state index >= 15 is 0 Å². The lowest BCUT2D eigenvalue weighted by atomic mass is 9.85. The number of nitrogens with one attached hydrogen (secondary N) is 1. The lowest BCUT2D eigenvalue weighted by Crippen LogP contribution is -2.33. The lowest BCUT2D eigenvalue weighted by Gasteiger charge is -2.16. The van der Waals surface area contributed by atoms with Gasteiger partial charge >= 0.3 is 0 Å². The van der Waals surface area contributed by atoms with Gasteiger partial charge in [0, 0.05) is 29.9 Å². The van der Waals surface area contributed by atoms with Crippen LogP contribution in [0.1, 0.15) is 35.5 Å². The summed E-state index contributed by atoms with van der Waals surface area (Å²) in [5.74, 6) is 0.439. The molecule has 8 nitrogen and oxygen atoms in total. The molecule has 2 amide bonds. The molecule has 1 aliphatic heterocycles. The van der Waals surface area contributed by atoms with Gasteiger partial charge < -0.3 is 4.90 Å². The van der Waals surface area contributed by atoms with Crippen LogP contribution in [-0.2, 0) is 10.2 Å². The molecule has 0 fully saturated rings. The summed E-state index contributed by atoms with van der Waals surface area (Å²) in [5.41, 5.74) is 4.10. The van der Waals surface area contributed by atoms with Gasteiger partial charge in [-0.3, -0.25) is 14.9 Å². The van der Waals surface area contributed by atoms with Gasteiger partial charge in [0.05, 0.1) is 28.6 Å². The van der Waals surface area contributed by atoms with Gasteiger partial charge in [-0.15, -0.1) is 11.3 Å². The van der Waals surface area contributed by atoms with Crippen molar-refractivity contribution in [3.8, 4) is 17.1 Å². The molecule has 0 atom stereocenters. The second-order valence-corrected chi connectivity index (χ2v) is 9.31. The Hall–Kier alpha value is -3.85. The van der Waals surface area contributed by atoms with Crippen LogP contribution in [0.4, 0.5) is 10.8 Å².